The van der Waals surface area contributed by atoms with Gasteiger partial charge >= 0.3 is 0 Å². The zero-order valence-electron chi connectivity index (χ0n) is 20.9. The third kappa shape index (κ3) is 6.46. The van der Waals surface area contributed by atoms with Crippen molar-refractivity contribution in [3.05, 3.63) is 83.1 Å². The van der Waals surface area contributed by atoms with E-state index in [0.29, 0.717) is 49.1 Å². The number of piperidine rings is 1. The molecule has 0 aliphatic carbocycles. The van der Waals surface area contributed by atoms with Crippen molar-refractivity contribution in [3.8, 4) is 5.75 Å². The molecule has 7 nitrogen and oxygen atoms in total. The Bertz CT molecular complexity index is 1180. The first-order valence-corrected chi connectivity index (χ1v) is 12.7. The van der Waals surface area contributed by atoms with E-state index in [-0.39, 0.29) is 18.2 Å². The molecule has 0 saturated carbocycles. The van der Waals surface area contributed by atoms with Crippen LogP contribution in [0.5, 0.6) is 5.75 Å². The maximum Gasteiger partial charge on any atom is 0.257 e. The standard InChI is InChI=1S/C28H33ClN4O3/c1-3-33-19-23(17-30-33)27(35)32-14-8-13-28(20-32,21-36-25-12-7-11-24(29)15-25)16-26(34)31(2)18-22-9-5-4-6-10-22/h4-7,9-12,15,17,19H,3,8,13-14,16,18,20-21H2,1-2H3. The van der Waals surface area contributed by atoms with Crippen LogP contribution in [-0.4, -0.2) is 58.1 Å². The molecule has 1 atom stereocenters. The van der Waals surface area contributed by atoms with Gasteiger partial charge in [0.15, 0.2) is 0 Å². The molecule has 1 aliphatic heterocycles. The average molecular weight is 509 g/mol. The lowest BCUT2D eigenvalue weighted by Gasteiger charge is -2.42. The van der Waals surface area contributed by atoms with Gasteiger partial charge in [0.25, 0.3) is 5.91 Å². The molecule has 1 unspecified atom stereocenters. The Morgan fingerprint density at radius 1 is 1.17 bits per heavy atom. The zero-order chi connectivity index (χ0) is 25.5. The van der Waals surface area contributed by atoms with Crippen LogP contribution in [0.4, 0.5) is 0 Å². The van der Waals surface area contributed by atoms with Gasteiger partial charge in [-0.05, 0) is 43.5 Å². The number of halogens is 1. The van der Waals surface area contributed by atoms with Crippen LogP contribution in [0.1, 0.15) is 42.1 Å². The zero-order valence-corrected chi connectivity index (χ0v) is 21.7. The van der Waals surface area contributed by atoms with E-state index in [1.807, 2.05) is 61.3 Å². The minimum Gasteiger partial charge on any atom is -0.493 e. The fourth-order valence-corrected chi connectivity index (χ4v) is 4.90. The maximum absolute atomic E-state index is 13.4. The van der Waals surface area contributed by atoms with Crippen LogP contribution in [-0.2, 0) is 17.9 Å². The summed E-state index contributed by atoms with van der Waals surface area (Å²) in [5.74, 6) is 0.618. The quantitative estimate of drug-likeness (QED) is 0.412. The first-order chi connectivity index (χ1) is 17.4. The second-order valence-electron chi connectivity index (χ2n) is 9.57. The molecule has 2 amide bonds. The number of hydrogen-bond donors (Lipinski definition) is 0. The van der Waals surface area contributed by atoms with Crippen molar-refractivity contribution < 1.29 is 14.3 Å². The minimum absolute atomic E-state index is 0.0293. The molecule has 190 valence electrons. The molecule has 1 fully saturated rings. The number of nitrogens with zero attached hydrogens (tertiary/aromatic N) is 4. The molecule has 4 rings (SSSR count). The number of rotatable bonds is 9. The van der Waals surface area contributed by atoms with E-state index < -0.39 is 5.41 Å². The Balaban J connectivity index is 1.52. The number of likely N-dealkylation sites (tertiary alicyclic amines) is 1. The second-order valence-corrected chi connectivity index (χ2v) is 10.0. The van der Waals surface area contributed by atoms with Crippen molar-refractivity contribution in [1.82, 2.24) is 19.6 Å². The number of carbonyl (C=O) groups excluding carboxylic acids is 2. The number of hydrogen-bond acceptors (Lipinski definition) is 4. The average Bonchev–Trinajstić information content (AvgIpc) is 3.37. The topological polar surface area (TPSA) is 67.7 Å². The van der Waals surface area contributed by atoms with Crippen LogP contribution in [0.15, 0.2) is 67.0 Å². The fraction of sp³-hybridized carbons (Fsp3) is 0.393. The van der Waals surface area contributed by atoms with Crippen LogP contribution < -0.4 is 4.74 Å². The Morgan fingerprint density at radius 2 is 1.97 bits per heavy atom. The summed E-state index contributed by atoms with van der Waals surface area (Å²) < 4.78 is 7.92. The van der Waals surface area contributed by atoms with Crippen molar-refractivity contribution in [2.45, 2.75) is 39.3 Å². The molecule has 0 N–H and O–H groups in total. The van der Waals surface area contributed by atoms with E-state index in [0.717, 1.165) is 18.4 Å². The van der Waals surface area contributed by atoms with Gasteiger partial charge in [-0.2, -0.15) is 5.10 Å². The molecule has 2 aromatic carbocycles. The van der Waals surface area contributed by atoms with Crippen LogP contribution in [0.25, 0.3) is 0 Å². The van der Waals surface area contributed by atoms with Crippen LogP contribution in [0, 0.1) is 5.41 Å². The lowest BCUT2D eigenvalue weighted by atomic mass is 9.77. The summed E-state index contributed by atoms with van der Waals surface area (Å²) in [7, 11) is 1.83. The van der Waals surface area contributed by atoms with Gasteiger partial charge in [0, 0.05) is 56.3 Å². The number of aryl methyl sites for hydroxylation is 1. The van der Waals surface area contributed by atoms with E-state index in [4.69, 9.17) is 16.3 Å². The third-order valence-corrected chi connectivity index (χ3v) is 6.94. The fourth-order valence-electron chi connectivity index (χ4n) is 4.72. The van der Waals surface area contributed by atoms with Gasteiger partial charge in [-0.15, -0.1) is 0 Å². The highest BCUT2D eigenvalue weighted by molar-refractivity contribution is 6.30. The van der Waals surface area contributed by atoms with Crippen molar-refractivity contribution in [3.63, 3.8) is 0 Å². The first-order valence-electron chi connectivity index (χ1n) is 12.4. The number of aromatic nitrogens is 2. The lowest BCUT2D eigenvalue weighted by molar-refractivity contribution is -0.134. The van der Waals surface area contributed by atoms with Gasteiger partial charge in [0.05, 0.1) is 18.4 Å². The lowest BCUT2D eigenvalue weighted by Crippen LogP contribution is -2.50. The van der Waals surface area contributed by atoms with Crippen LogP contribution in [0.3, 0.4) is 0 Å². The molecule has 0 bridgehead atoms. The highest BCUT2D eigenvalue weighted by Gasteiger charge is 2.41. The van der Waals surface area contributed by atoms with Gasteiger partial charge in [0.1, 0.15) is 5.75 Å². The van der Waals surface area contributed by atoms with Gasteiger partial charge in [-0.3, -0.25) is 14.3 Å². The van der Waals surface area contributed by atoms with E-state index in [2.05, 4.69) is 5.10 Å². The maximum atomic E-state index is 13.4. The summed E-state index contributed by atoms with van der Waals surface area (Å²) in [5.41, 5.74) is 1.13. The van der Waals surface area contributed by atoms with E-state index in [1.165, 1.54) is 0 Å². The van der Waals surface area contributed by atoms with Crippen molar-refractivity contribution >= 4 is 23.4 Å². The molecule has 1 aromatic heterocycles. The molecule has 1 saturated heterocycles. The normalized spacial score (nSPS) is 17.6. The molecule has 3 aromatic rings. The van der Waals surface area contributed by atoms with Gasteiger partial charge in [0.2, 0.25) is 5.91 Å². The molecule has 0 radical (unpaired) electrons. The second kappa shape index (κ2) is 11.6. The highest BCUT2D eigenvalue weighted by Crippen LogP contribution is 2.36. The molecule has 2 heterocycles. The summed E-state index contributed by atoms with van der Waals surface area (Å²) in [6.07, 6.45) is 5.26. The highest BCUT2D eigenvalue weighted by atomic mass is 35.5. The Kier molecular flexibility index (Phi) is 8.31. The largest absolute Gasteiger partial charge is 0.493 e. The number of benzene rings is 2. The summed E-state index contributed by atoms with van der Waals surface area (Å²) in [5, 5.41) is 4.85. The van der Waals surface area contributed by atoms with Gasteiger partial charge in [-0.25, -0.2) is 0 Å². The Labute approximate surface area is 217 Å². The van der Waals surface area contributed by atoms with Crippen molar-refractivity contribution in [2.24, 2.45) is 5.41 Å². The van der Waals surface area contributed by atoms with Crippen molar-refractivity contribution in [1.29, 1.82) is 0 Å². The third-order valence-electron chi connectivity index (χ3n) is 6.71. The summed E-state index contributed by atoms with van der Waals surface area (Å²) in [6, 6.07) is 17.2. The van der Waals surface area contributed by atoms with Crippen molar-refractivity contribution in [2.75, 3.05) is 26.7 Å². The first kappa shape index (κ1) is 25.8. The number of amides is 2. The molecular formula is C28H33ClN4O3. The molecule has 8 heteroatoms. The smallest absolute Gasteiger partial charge is 0.257 e. The number of ether oxygens (including phenoxy) is 1. The molecule has 0 spiro atoms. The molecule has 1 aliphatic rings. The van der Waals surface area contributed by atoms with E-state index >= 15 is 0 Å². The number of carbonyl (C=O) groups is 2. The predicted molar refractivity (Wildman–Crippen MR) is 140 cm³/mol. The minimum atomic E-state index is -0.515. The summed E-state index contributed by atoms with van der Waals surface area (Å²) >= 11 is 6.15. The molecule has 36 heavy (non-hydrogen) atoms. The van der Waals surface area contributed by atoms with Gasteiger partial charge in [-0.1, -0.05) is 48.0 Å². The summed E-state index contributed by atoms with van der Waals surface area (Å²) in [6.45, 7) is 4.61. The molecular weight excluding hydrogens is 476 g/mol. The van der Waals surface area contributed by atoms with Gasteiger partial charge < -0.3 is 14.5 Å². The Hall–Kier alpha value is -3.32. The summed E-state index contributed by atoms with van der Waals surface area (Å²) in [4.78, 5) is 30.3. The van der Waals surface area contributed by atoms with Crippen LogP contribution in [0.2, 0.25) is 5.02 Å². The van der Waals surface area contributed by atoms with E-state index in [1.54, 1.807) is 34.1 Å². The predicted octanol–water partition coefficient (Wildman–Crippen LogP) is 4.91. The van der Waals surface area contributed by atoms with Crippen LogP contribution >= 0.6 is 11.6 Å². The SMILES string of the molecule is CCn1cc(C(=O)N2CCCC(COc3cccc(Cl)c3)(CC(=O)N(C)Cc3ccccc3)C2)cn1. The monoisotopic (exact) mass is 508 g/mol. The van der Waals surface area contributed by atoms with E-state index in [9.17, 15) is 9.59 Å². The Morgan fingerprint density at radius 3 is 2.69 bits per heavy atom.